The zero-order chi connectivity index (χ0) is 13.4. The smallest absolute Gasteiger partial charge is 0.125 e. The Bertz CT molecular complexity index is 409. The second-order valence-electron chi connectivity index (χ2n) is 6.20. The normalized spacial score (nSPS) is 12.1. The Morgan fingerprint density at radius 2 is 1.59 bits per heavy atom. The van der Waals surface area contributed by atoms with Crippen molar-refractivity contribution in [2.45, 2.75) is 59.8 Å². The Balaban J connectivity index is 3.58. The number of hydrogen-bond donors (Lipinski definition) is 0. The Morgan fingerprint density at radius 1 is 1.06 bits per heavy atom. The molecule has 1 heteroatoms. The van der Waals surface area contributed by atoms with Crippen molar-refractivity contribution < 1.29 is 4.74 Å². The Morgan fingerprint density at radius 3 is 1.94 bits per heavy atom. The monoisotopic (exact) mass is 234 g/mol. The first-order chi connectivity index (χ1) is 7.70. The average Bonchev–Trinajstić information content (AvgIpc) is 2.19. The quantitative estimate of drug-likeness (QED) is 0.718. The Kier molecular flexibility index (Phi) is 3.91. The first kappa shape index (κ1) is 14.1. The van der Waals surface area contributed by atoms with Crippen molar-refractivity contribution in [3.63, 3.8) is 0 Å². The number of ether oxygens (including phenoxy) is 1. The zero-order valence-corrected chi connectivity index (χ0v) is 12.6. The summed E-state index contributed by atoms with van der Waals surface area (Å²) in [5.41, 5.74) is 5.58. The highest BCUT2D eigenvalue weighted by Crippen LogP contribution is 2.38. The predicted molar refractivity (Wildman–Crippen MR) is 75.3 cm³/mol. The standard InChI is InChI=1S/C16H26O/c1-10(2)13-9-14(16(5,6)7)11(3)12(4)15(13)17-8/h9-10H,1-8H3. The highest BCUT2D eigenvalue weighted by molar-refractivity contribution is 5.52. The van der Waals surface area contributed by atoms with Crippen LogP contribution in [-0.2, 0) is 5.41 Å². The Labute approximate surface area is 106 Å². The van der Waals surface area contributed by atoms with E-state index < -0.39 is 0 Å². The number of methoxy groups -OCH3 is 1. The minimum Gasteiger partial charge on any atom is -0.496 e. The van der Waals surface area contributed by atoms with E-state index in [0.717, 1.165) is 5.75 Å². The fourth-order valence-corrected chi connectivity index (χ4v) is 2.40. The van der Waals surface area contributed by atoms with E-state index in [0.29, 0.717) is 5.92 Å². The van der Waals surface area contributed by atoms with E-state index in [2.05, 4.69) is 54.5 Å². The van der Waals surface area contributed by atoms with Gasteiger partial charge in [-0.15, -0.1) is 0 Å². The van der Waals surface area contributed by atoms with Crippen molar-refractivity contribution in [2.24, 2.45) is 0 Å². The van der Waals surface area contributed by atoms with Gasteiger partial charge in [0.15, 0.2) is 0 Å². The topological polar surface area (TPSA) is 9.23 Å². The van der Waals surface area contributed by atoms with Crippen LogP contribution in [0.3, 0.4) is 0 Å². The van der Waals surface area contributed by atoms with Gasteiger partial charge in [0, 0.05) is 0 Å². The highest BCUT2D eigenvalue weighted by atomic mass is 16.5. The van der Waals surface area contributed by atoms with E-state index in [1.54, 1.807) is 7.11 Å². The molecule has 0 aliphatic rings. The summed E-state index contributed by atoms with van der Waals surface area (Å²) in [6.45, 7) is 15.6. The van der Waals surface area contributed by atoms with Gasteiger partial charge in [0.2, 0.25) is 0 Å². The second kappa shape index (κ2) is 4.72. The van der Waals surface area contributed by atoms with Gasteiger partial charge in [0.1, 0.15) is 5.75 Å². The molecule has 1 rings (SSSR count). The van der Waals surface area contributed by atoms with Crippen LogP contribution in [-0.4, -0.2) is 7.11 Å². The summed E-state index contributed by atoms with van der Waals surface area (Å²) in [6, 6.07) is 2.33. The fraction of sp³-hybridized carbons (Fsp3) is 0.625. The molecule has 0 aliphatic carbocycles. The summed E-state index contributed by atoms with van der Waals surface area (Å²) >= 11 is 0. The van der Waals surface area contributed by atoms with Crippen LogP contribution in [0.15, 0.2) is 6.07 Å². The summed E-state index contributed by atoms with van der Waals surface area (Å²) in [7, 11) is 1.77. The largest absolute Gasteiger partial charge is 0.496 e. The van der Waals surface area contributed by atoms with E-state index in [4.69, 9.17) is 4.74 Å². The molecule has 0 saturated carbocycles. The Hall–Kier alpha value is -0.980. The van der Waals surface area contributed by atoms with Crippen LogP contribution >= 0.6 is 0 Å². The third-order valence-corrected chi connectivity index (χ3v) is 3.50. The molecule has 1 aromatic rings. The van der Waals surface area contributed by atoms with Gasteiger partial charge in [-0.1, -0.05) is 40.7 Å². The molecule has 0 bridgehead atoms. The van der Waals surface area contributed by atoms with Crippen molar-refractivity contribution in [3.05, 3.63) is 28.3 Å². The third kappa shape index (κ3) is 2.65. The predicted octanol–water partition coefficient (Wildman–Crippen LogP) is 4.73. The molecule has 0 aromatic heterocycles. The molecule has 0 heterocycles. The third-order valence-electron chi connectivity index (χ3n) is 3.50. The van der Waals surface area contributed by atoms with Crippen LogP contribution in [0.4, 0.5) is 0 Å². The van der Waals surface area contributed by atoms with Crippen molar-refractivity contribution >= 4 is 0 Å². The van der Waals surface area contributed by atoms with E-state index in [9.17, 15) is 0 Å². The number of hydrogen-bond acceptors (Lipinski definition) is 1. The minimum atomic E-state index is 0.185. The second-order valence-corrected chi connectivity index (χ2v) is 6.20. The van der Waals surface area contributed by atoms with Crippen LogP contribution in [0, 0.1) is 13.8 Å². The van der Waals surface area contributed by atoms with Crippen LogP contribution in [0.2, 0.25) is 0 Å². The molecule has 0 radical (unpaired) electrons. The van der Waals surface area contributed by atoms with Crippen molar-refractivity contribution in [1.82, 2.24) is 0 Å². The van der Waals surface area contributed by atoms with Gasteiger partial charge in [-0.3, -0.25) is 0 Å². The van der Waals surface area contributed by atoms with Gasteiger partial charge >= 0.3 is 0 Å². The van der Waals surface area contributed by atoms with Gasteiger partial charge in [0.05, 0.1) is 7.11 Å². The molecule has 0 unspecified atom stereocenters. The summed E-state index contributed by atoms with van der Waals surface area (Å²) in [5.74, 6) is 1.55. The lowest BCUT2D eigenvalue weighted by molar-refractivity contribution is 0.403. The lowest BCUT2D eigenvalue weighted by Crippen LogP contribution is -2.15. The van der Waals surface area contributed by atoms with Gasteiger partial charge in [-0.2, -0.15) is 0 Å². The maximum Gasteiger partial charge on any atom is 0.125 e. The first-order valence-corrected chi connectivity index (χ1v) is 6.38. The maximum atomic E-state index is 5.59. The van der Waals surface area contributed by atoms with Gasteiger partial charge in [-0.25, -0.2) is 0 Å². The molecule has 0 amide bonds. The number of benzene rings is 1. The lowest BCUT2D eigenvalue weighted by atomic mass is 9.80. The molecule has 96 valence electrons. The first-order valence-electron chi connectivity index (χ1n) is 6.38. The maximum absolute atomic E-state index is 5.59. The molecule has 0 saturated heterocycles. The highest BCUT2D eigenvalue weighted by Gasteiger charge is 2.22. The van der Waals surface area contributed by atoms with Crippen LogP contribution < -0.4 is 4.74 Å². The SMILES string of the molecule is COc1c(C(C)C)cc(C(C)(C)C)c(C)c1C. The fourth-order valence-electron chi connectivity index (χ4n) is 2.40. The molecule has 0 atom stereocenters. The molecular formula is C16H26O. The molecule has 17 heavy (non-hydrogen) atoms. The van der Waals surface area contributed by atoms with E-state index in [1.165, 1.54) is 22.3 Å². The molecule has 1 aromatic carbocycles. The summed E-state index contributed by atoms with van der Waals surface area (Å²) in [4.78, 5) is 0. The lowest BCUT2D eigenvalue weighted by Gasteiger charge is -2.27. The number of rotatable bonds is 2. The summed E-state index contributed by atoms with van der Waals surface area (Å²) < 4.78 is 5.59. The molecule has 0 N–H and O–H groups in total. The van der Waals surface area contributed by atoms with Gasteiger partial charge < -0.3 is 4.74 Å². The molecular weight excluding hydrogens is 208 g/mol. The minimum absolute atomic E-state index is 0.185. The average molecular weight is 234 g/mol. The molecule has 0 spiro atoms. The zero-order valence-electron chi connectivity index (χ0n) is 12.6. The van der Waals surface area contributed by atoms with E-state index in [-0.39, 0.29) is 5.41 Å². The van der Waals surface area contributed by atoms with E-state index in [1.807, 2.05) is 0 Å². The van der Waals surface area contributed by atoms with Crippen molar-refractivity contribution in [2.75, 3.05) is 7.11 Å². The van der Waals surface area contributed by atoms with Crippen molar-refractivity contribution in [3.8, 4) is 5.75 Å². The van der Waals surface area contributed by atoms with Crippen LogP contribution in [0.1, 0.15) is 62.8 Å². The van der Waals surface area contributed by atoms with Crippen LogP contribution in [0.5, 0.6) is 5.75 Å². The summed E-state index contributed by atoms with van der Waals surface area (Å²) in [5, 5.41) is 0. The van der Waals surface area contributed by atoms with Crippen molar-refractivity contribution in [1.29, 1.82) is 0 Å². The van der Waals surface area contributed by atoms with Crippen LogP contribution in [0.25, 0.3) is 0 Å². The molecule has 0 aliphatic heterocycles. The summed E-state index contributed by atoms with van der Waals surface area (Å²) in [6.07, 6.45) is 0. The molecule has 0 fully saturated rings. The van der Waals surface area contributed by atoms with Gasteiger partial charge in [-0.05, 0) is 47.4 Å². The van der Waals surface area contributed by atoms with E-state index >= 15 is 0 Å². The van der Waals surface area contributed by atoms with Gasteiger partial charge in [0.25, 0.3) is 0 Å². The molecule has 1 nitrogen and oxygen atoms in total.